The summed E-state index contributed by atoms with van der Waals surface area (Å²) in [7, 11) is 2.82. The van der Waals surface area contributed by atoms with Crippen LogP contribution in [0.4, 0.5) is 11.4 Å². The quantitative estimate of drug-likeness (QED) is 0.335. The van der Waals surface area contributed by atoms with Gasteiger partial charge < -0.3 is 24.8 Å². The van der Waals surface area contributed by atoms with E-state index >= 15 is 0 Å². The molecule has 164 valence electrons. The Balaban J connectivity index is 1.85. The largest absolute Gasteiger partial charge is 0.495 e. The number of nitro groups is 1. The molecule has 0 saturated carbocycles. The first-order valence-electron chi connectivity index (χ1n) is 8.64. The summed E-state index contributed by atoms with van der Waals surface area (Å²) in [4.78, 5) is 45.9. The zero-order chi connectivity index (χ0) is 23.0. The van der Waals surface area contributed by atoms with E-state index in [2.05, 4.69) is 10.6 Å². The lowest BCUT2D eigenvalue weighted by Gasteiger charge is -2.13. The third kappa shape index (κ3) is 6.57. The molecule has 2 amide bonds. The van der Waals surface area contributed by atoms with Gasteiger partial charge in [0.25, 0.3) is 17.5 Å². The molecule has 0 fully saturated rings. The number of amides is 2. The third-order valence-electron chi connectivity index (χ3n) is 3.82. The first-order valence-corrected chi connectivity index (χ1v) is 9.02. The Labute approximate surface area is 181 Å². The van der Waals surface area contributed by atoms with Crippen LogP contribution in [0.2, 0.25) is 5.02 Å². The number of carbonyl (C=O) groups is 3. The Morgan fingerprint density at radius 1 is 1.10 bits per heavy atom. The van der Waals surface area contributed by atoms with Gasteiger partial charge in [0.15, 0.2) is 6.61 Å². The summed E-state index contributed by atoms with van der Waals surface area (Å²) >= 11 is 6.02. The Bertz CT molecular complexity index is 1010. The van der Waals surface area contributed by atoms with Crippen molar-refractivity contribution in [1.29, 1.82) is 0 Å². The van der Waals surface area contributed by atoms with Crippen LogP contribution in [0.1, 0.15) is 10.4 Å². The van der Waals surface area contributed by atoms with Gasteiger partial charge in [-0.1, -0.05) is 17.7 Å². The number of non-ortho nitro benzene ring substituents is 1. The number of nitrogens with zero attached hydrogens (tertiary/aromatic N) is 1. The topological polar surface area (TPSA) is 146 Å². The molecule has 0 spiro atoms. The van der Waals surface area contributed by atoms with Crippen molar-refractivity contribution in [3.8, 4) is 11.5 Å². The summed E-state index contributed by atoms with van der Waals surface area (Å²) in [5, 5.41) is 15.7. The molecule has 12 heteroatoms. The standard InChI is InChI=1S/C19H18ClN3O8/c1-29-15-8-16(30-2)14(7-13(15)20)22-17(24)10-31-18(25)9-21-19(26)11-4-3-5-12(6-11)23(27)28/h3-8H,9-10H2,1-2H3,(H,21,26)(H,22,24). The van der Waals surface area contributed by atoms with E-state index in [0.29, 0.717) is 5.75 Å². The number of nitro benzene ring substituents is 1. The molecule has 0 radical (unpaired) electrons. The highest BCUT2D eigenvalue weighted by Gasteiger charge is 2.16. The first-order chi connectivity index (χ1) is 14.7. The lowest BCUT2D eigenvalue weighted by atomic mass is 10.2. The summed E-state index contributed by atoms with van der Waals surface area (Å²) in [6, 6.07) is 7.89. The molecular weight excluding hydrogens is 434 g/mol. The molecule has 31 heavy (non-hydrogen) atoms. The maximum absolute atomic E-state index is 12.0. The molecule has 2 aromatic carbocycles. The van der Waals surface area contributed by atoms with E-state index in [1.54, 1.807) is 0 Å². The highest BCUT2D eigenvalue weighted by atomic mass is 35.5. The molecule has 2 N–H and O–H groups in total. The average Bonchev–Trinajstić information content (AvgIpc) is 2.76. The van der Waals surface area contributed by atoms with Gasteiger partial charge in [-0.2, -0.15) is 0 Å². The predicted octanol–water partition coefficient (Wildman–Crippen LogP) is 2.18. The van der Waals surface area contributed by atoms with Crippen LogP contribution in [-0.2, 0) is 14.3 Å². The third-order valence-corrected chi connectivity index (χ3v) is 4.12. The molecule has 0 unspecified atom stereocenters. The molecule has 0 heterocycles. The highest BCUT2D eigenvalue weighted by Crippen LogP contribution is 2.35. The lowest BCUT2D eigenvalue weighted by Crippen LogP contribution is -2.32. The minimum absolute atomic E-state index is 0.00298. The van der Waals surface area contributed by atoms with Crippen LogP contribution in [0, 0.1) is 10.1 Å². The number of hydrogen-bond acceptors (Lipinski definition) is 8. The first kappa shape index (κ1) is 23.4. The second kappa shape index (κ2) is 10.8. The summed E-state index contributed by atoms with van der Waals surface area (Å²) in [6.45, 7) is -1.16. The number of carbonyl (C=O) groups excluding carboxylic acids is 3. The predicted molar refractivity (Wildman–Crippen MR) is 110 cm³/mol. The van der Waals surface area contributed by atoms with Crippen LogP contribution in [-0.4, -0.2) is 50.1 Å². The number of hydrogen-bond donors (Lipinski definition) is 2. The molecule has 0 aliphatic rings. The number of anilines is 1. The Kier molecular flexibility index (Phi) is 8.15. The number of methoxy groups -OCH3 is 2. The summed E-state index contributed by atoms with van der Waals surface area (Å²) < 4.78 is 15.0. The monoisotopic (exact) mass is 451 g/mol. The van der Waals surface area contributed by atoms with Crippen molar-refractivity contribution in [2.45, 2.75) is 0 Å². The number of halogens is 1. The zero-order valence-corrected chi connectivity index (χ0v) is 17.2. The molecule has 11 nitrogen and oxygen atoms in total. The normalized spacial score (nSPS) is 10.0. The van der Waals surface area contributed by atoms with Gasteiger partial charge in [0.05, 0.1) is 29.9 Å². The van der Waals surface area contributed by atoms with Gasteiger partial charge in [-0.15, -0.1) is 0 Å². The molecule has 0 aliphatic heterocycles. The van der Waals surface area contributed by atoms with Gasteiger partial charge in [0.2, 0.25) is 0 Å². The molecule has 0 saturated heterocycles. The van der Waals surface area contributed by atoms with Crippen LogP contribution >= 0.6 is 11.6 Å². The molecule has 0 aromatic heterocycles. The van der Waals surface area contributed by atoms with Crippen molar-refractivity contribution in [2.24, 2.45) is 0 Å². The van der Waals surface area contributed by atoms with Crippen molar-refractivity contribution >= 4 is 40.8 Å². The van der Waals surface area contributed by atoms with Gasteiger partial charge in [0.1, 0.15) is 18.0 Å². The van der Waals surface area contributed by atoms with E-state index in [1.807, 2.05) is 0 Å². The number of benzene rings is 2. The molecule has 0 bridgehead atoms. The maximum Gasteiger partial charge on any atom is 0.325 e. The minimum Gasteiger partial charge on any atom is -0.495 e. The van der Waals surface area contributed by atoms with E-state index in [4.69, 9.17) is 25.8 Å². The number of rotatable bonds is 9. The second-order valence-corrected chi connectivity index (χ2v) is 6.29. The van der Waals surface area contributed by atoms with Crippen molar-refractivity contribution in [3.63, 3.8) is 0 Å². The number of ether oxygens (including phenoxy) is 3. The summed E-state index contributed by atoms with van der Waals surface area (Å²) in [5.74, 6) is -1.62. The van der Waals surface area contributed by atoms with Crippen LogP contribution in [0.3, 0.4) is 0 Å². The molecule has 0 aliphatic carbocycles. The molecule has 2 aromatic rings. The van der Waals surface area contributed by atoms with Crippen molar-refractivity contribution in [1.82, 2.24) is 5.32 Å². The van der Waals surface area contributed by atoms with Crippen LogP contribution in [0.25, 0.3) is 0 Å². The average molecular weight is 452 g/mol. The summed E-state index contributed by atoms with van der Waals surface area (Å²) in [5.41, 5.74) is -0.0162. The van der Waals surface area contributed by atoms with Gasteiger partial charge in [-0.05, 0) is 12.1 Å². The van der Waals surface area contributed by atoms with E-state index < -0.39 is 35.9 Å². The van der Waals surface area contributed by atoms with Crippen molar-refractivity contribution in [3.05, 3.63) is 57.1 Å². The molecular formula is C19H18ClN3O8. The zero-order valence-electron chi connectivity index (χ0n) is 16.5. The number of esters is 1. The molecule has 2 rings (SSSR count). The second-order valence-electron chi connectivity index (χ2n) is 5.89. The number of nitrogens with one attached hydrogen (secondary N) is 2. The highest BCUT2D eigenvalue weighted by molar-refractivity contribution is 6.32. The lowest BCUT2D eigenvalue weighted by molar-refractivity contribution is -0.384. The van der Waals surface area contributed by atoms with Gasteiger partial charge in [-0.3, -0.25) is 24.5 Å². The Morgan fingerprint density at radius 2 is 1.81 bits per heavy atom. The summed E-state index contributed by atoms with van der Waals surface area (Å²) in [6.07, 6.45) is 0. The van der Waals surface area contributed by atoms with Crippen LogP contribution in [0.15, 0.2) is 36.4 Å². The fraction of sp³-hybridized carbons (Fsp3) is 0.211. The van der Waals surface area contributed by atoms with Crippen LogP contribution < -0.4 is 20.1 Å². The van der Waals surface area contributed by atoms with Crippen molar-refractivity contribution < 1.29 is 33.5 Å². The van der Waals surface area contributed by atoms with Crippen molar-refractivity contribution in [2.75, 3.05) is 32.7 Å². The van der Waals surface area contributed by atoms with E-state index in [1.165, 1.54) is 44.6 Å². The fourth-order valence-corrected chi connectivity index (χ4v) is 2.60. The SMILES string of the molecule is COc1cc(OC)c(NC(=O)COC(=O)CNC(=O)c2cccc([N+](=O)[O-])c2)cc1Cl. The van der Waals surface area contributed by atoms with E-state index in [9.17, 15) is 24.5 Å². The van der Waals surface area contributed by atoms with Gasteiger partial charge >= 0.3 is 5.97 Å². The van der Waals surface area contributed by atoms with E-state index in [0.717, 1.165) is 6.07 Å². The van der Waals surface area contributed by atoms with E-state index in [-0.39, 0.29) is 27.7 Å². The van der Waals surface area contributed by atoms with Crippen LogP contribution in [0.5, 0.6) is 11.5 Å². The fourth-order valence-electron chi connectivity index (χ4n) is 2.36. The molecule has 0 atom stereocenters. The maximum atomic E-state index is 12.0. The Hall–Kier alpha value is -3.86. The minimum atomic E-state index is -0.881. The van der Waals surface area contributed by atoms with Gasteiger partial charge in [-0.25, -0.2) is 0 Å². The Morgan fingerprint density at radius 3 is 2.45 bits per heavy atom. The van der Waals surface area contributed by atoms with Gasteiger partial charge in [0, 0.05) is 23.8 Å². The smallest absolute Gasteiger partial charge is 0.325 e.